The predicted octanol–water partition coefficient (Wildman–Crippen LogP) is 15.9. The van der Waals surface area contributed by atoms with Crippen molar-refractivity contribution >= 4 is 80.4 Å². The molecule has 0 aliphatic rings. The second-order valence-corrected chi connectivity index (χ2v) is 23.0. The van der Waals surface area contributed by atoms with E-state index in [4.69, 9.17) is 0 Å². The van der Waals surface area contributed by atoms with E-state index in [1.807, 2.05) is 61.3 Å². The van der Waals surface area contributed by atoms with Crippen molar-refractivity contribution < 1.29 is 40.7 Å². The third-order valence-electron chi connectivity index (χ3n) is 12.7. The Morgan fingerprint density at radius 2 is 1.02 bits per heavy atom. The van der Waals surface area contributed by atoms with Crippen LogP contribution in [0.4, 0.5) is 43.7 Å². The van der Waals surface area contributed by atoms with Crippen LogP contribution in [0, 0.1) is 55.7 Å². The van der Waals surface area contributed by atoms with Crippen molar-refractivity contribution in [2.45, 2.75) is 20.8 Å². The molecule has 0 atom stereocenters. The van der Waals surface area contributed by atoms with Crippen molar-refractivity contribution in [2.24, 2.45) is 7.05 Å². The highest BCUT2D eigenvalue weighted by atomic mass is 32.1. The van der Waals surface area contributed by atoms with E-state index in [0.717, 1.165) is 110 Å². The second-order valence-electron chi connectivity index (χ2n) is 18.4. The second kappa shape index (κ2) is 25.8. The molecule has 14 nitrogen and oxygen atoms in total. The molecule has 12 rings (SSSR count). The number of amides is 3. The summed E-state index contributed by atoms with van der Waals surface area (Å²) in [5.74, 6) is -7.83. The van der Waals surface area contributed by atoms with E-state index in [2.05, 4.69) is 63.8 Å². The van der Waals surface area contributed by atoms with E-state index in [1.165, 1.54) is 30.6 Å². The molecule has 0 saturated carbocycles. The number of aromatic amines is 1. The lowest BCUT2D eigenvalue weighted by molar-refractivity contribution is 0.101. The molecule has 3 amide bonds. The summed E-state index contributed by atoms with van der Waals surface area (Å²) in [6.45, 7) is 6.04. The van der Waals surface area contributed by atoms with Gasteiger partial charge in [-0.05, 0) is 116 Å². The maximum atomic E-state index is 13.8. The van der Waals surface area contributed by atoms with Gasteiger partial charge in [0.15, 0.2) is 5.82 Å². The summed E-state index contributed by atoms with van der Waals surface area (Å²) in [7, 11) is 1.95. The molecule has 8 heterocycles. The van der Waals surface area contributed by atoms with Gasteiger partial charge in [0.05, 0.1) is 69.2 Å². The van der Waals surface area contributed by atoms with Crippen molar-refractivity contribution in [2.75, 3.05) is 16.0 Å². The number of rotatable bonds is 12. The Hall–Kier alpha value is -9.75. The number of anilines is 3. The number of hydrogen-bond acceptors (Lipinski definition) is 13. The first-order valence-corrected chi connectivity index (χ1v) is 28.6. The number of thiophene rings is 3. The van der Waals surface area contributed by atoms with Crippen LogP contribution in [-0.4, -0.2) is 57.2 Å². The average Bonchev–Trinajstić information content (AvgIpc) is 4.57. The summed E-state index contributed by atoms with van der Waals surface area (Å²) in [5.41, 5.74) is 6.06. The van der Waals surface area contributed by atoms with E-state index in [1.54, 1.807) is 101 Å². The largest absolute Gasteiger partial charge is 0.344 e. The number of nitrogens with one attached hydrogen (secondary N) is 4. The Labute approximate surface area is 496 Å². The molecule has 4 N–H and O–H groups in total. The van der Waals surface area contributed by atoms with E-state index in [0.29, 0.717) is 11.4 Å². The maximum Gasteiger partial charge on any atom is 0.262 e. The van der Waals surface area contributed by atoms with Gasteiger partial charge in [0.25, 0.3) is 17.7 Å². The quantitative estimate of drug-likeness (QED) is 0.0864. The molecule has 24 heteroatoms. The molecule has 0 saturated heterocycles. The highest BCUT2D eigenvalue weighted by Gasteiger charge is 2.22. The number of H-pyrrole nitrogens is 1. The third kappa shape index (κ3) is 13.4. The van der Waals surface area contributed by atoms with Crippen molar-refractivity contribution in [1.82, 2.24) is 39.5 Å². The summed E-state index contributed by atoms with van der Waals surface area (Å²) in [4.78, 5) is 71.3. The summed E-state index contributed by atoms with van der Waals surface area (Å²) in [6.07, 6.45) is 13.2. The molecule has 0 fully saturated rings. The number of aromatic nitrogens is 8. The minimum Gasteiger partial charge on any atom is -0.344 e. The molecule has 0 unspecified atom stereocenters. The highest BCUT2D eigenvalue weighted by molar-refractivity contribution is 7.21. The smallest absolute Gasteiger partial charge is 0.262 e. The van der Waals surface area contributed by atoms with Crippen LogP contribution in [0.2, 0.25) is 0 Å². The number of thiazole rings is 1. The third-order valence-corrected chi connectivity index (χ3v) is 16.9. The first-order valence-electron chi connectivity index (χ1n) is 25.3. The van der Waals surface area contributed by atoms with Crippen LogP contribution in [0.5, 0.6) is 0 Å². The van der Waals surface area contributed by atoms with Gasteiger partial charge in [-0.3, -0.25) is 19.4 Å². The molecule has 4 aromatic carbocycles. The Morgan fingerprint density at radius 3 is 1.54 bits per heavy atom. The zero-order valence-electron chi connectivity index (χ0n) is 44.8. The van der Waals surface area contributed by atoms with Gasteiger partial charge in [-0.25, -0.2) is 51.3 Å². The summed E-state index contributed by atoms with van der Waals surface area (Å²) >= 11 is 6.48. The summed E-state index contributed by atoms with van der Waals surface area (Å²) < 4.78 is 84.4. The predicted molar refractivity (Wildman–Crippen MR) is 321 cm³/mol. The van der Waals surface area contributed by atoms with E-state index in [9.17, 15) is 40.7 Å². The van der Waals surface area contributed by atoms with Crippen LogP contribution in [0.15, 0.2) is 164 Å². The molecule has 0 spiro atoms. The van der Waals surface area contributed by atoms with Gasteiger partial charge >= 0.3 is 0 Å². The monoisotopic (exact) mass is 1220 g/mol. The molecule has 0 radical (unpaired) electrons. The Balaban J connectivity index is 0.000000142. The molecule has 0 bridgehead atoms. The molecular weight excluding hydrogens is 1180 g/mol. The molecule has 8 aromatic heterocycles. The number of pyridine rings is 1. The number of halogens is 6. The lowest BCUT2D eigenvalue weighted by Crippen LogP contribution is -2.16. The Bertz CT molecular complexity index is 4110. The maximum absolute atomic E-state index is 13.8. The molecule has 0 aliphatic heterocycles. The molecule has 85 heavy (non-hydrogen) atoms. The first kappa shape index (κ1) is 58.4. The van der Waals surface area contributed by atoms with Crippen LogP contribution >= 0.6 is 45.3 Å². The zero-order valence-corrected chi connectivity index (χ0v) is 48.1. The van der Waals surface area contributed by atoms with Gasteiger partial charge < -0.3 is 25.5 Å². The molecule has 0 aliphatic carbocycles. The molecular formula is C61H43F6N11O3S4. The van der Waals surface area contributed by atoms with Crippen LogP contribution in [0.25, 0.3) is 64.5 Å². The van der Waals surface area contributed by atoms with Gasteiger partial charge in [-0.2, -0.15) is 0 Å². The van der Waals surface area contributed by atoms with E-state index < -0.39 is 69.3 Å². The lowest BCUT2D eigenvalue weighted by Gasteiger charge is -2.08. The van der Waals surface area contributed by atoms with Crippen molar-refractivity contribution in [1.29, 1.82) is 0 Å². The normalized spacial score (nSPS) is 10.8. The van der Waals surface area contributed by atoms with Crippen LogP contribution < -0.4 is 16.0 Å². The molecule has 426 valence electrons. The average molecular weight is 1220 g/mol. The van der Waals surface area contributed by atoms with Gasteiger partial charge in [0.2, 0.25) is 0 Å². The van der Waals surface area contributed by atoms with Gasteiger partial charge in [-0.15, -0.1) is 45.3 Å². The SMILES string of the molecule is Cc1sc(-c2cnc[nH]2)cc1-c1ccc(NC(=O)c2c(F)cccc2F)nc1.Cc1sc(-c2cncn2C)cc1-c1ccc(NC(=O)c2c(F)cccc2F)cc1.Cc1sc(-c2nccs2)cc1-c1cnc(NC(=O)c2c(F)cccc2F)cn1. The first-order chi connectivity index (χ1) is 41.0. The Kier molecular flexibility index (Phi) is 17.7. The molecule has 12 aromatic rings. The highest BCUT2D eigenvalue weighted by Crippen LogP contribution is 2.39. The number of nitrogens with zero attached hydrogens (tertiary/aromatic N) is 7. The Morgan fingerprint density at radius 1 is 0.506 bits per heavy atom. The van der Waals surface area contributed by atoms with E-state index >= 15 is 0 Å². The van der Waals surface area contributed by atoms with Gasteiger partial charge in [-0.1, -0.05) is 30.3 Å². The van der Waals surface area contributed by atoms with Crippen molar-refractivity contribution in [3.8, 4) is 64.5 Å². The van der Waals surface area contributed by atoms with E-state index in [-0.39, 0.29) is 11.6 Å². The minimum absolute atomic E-state index is 0.101. The van der Waals surface area contributed by atoms with Crippen molar-refractivity contribution in [3.63, 3.8) is 0 Å². The fourth-order valence-electron chi connectivity index (χ4n) is 8.56. The lowest BCUT2D eigenvalue weighted by atomic mass is 10.1. The number of benzene rings is 4. The zero-order chi connectivity index (χ0) is 59.9. The summed E-state index contributed by atoms with van der Waals surface area (Å²) in [5, 5.41) is 10.2. The van der Waals surface area contributed by atoms with Crippen molar-refractivity contribution in [3.05, 3.63) is 231 Å². The number of imidazole rings is 2. The minimum atomic E-state index is -0.939. The van der Waals surface area contributed by atoms with Gasteiger partial charge in [0.1, 0.15) is 62.4 Å². The number of carbonyl (C=O) groups is 3. The number of aryl methyl sites for hydroxylation is 4. The van der Waals surface area contributed by atoms with Crippen LogP contribution in [-0.2, 0) is 7.05 Å². The topological polar surface area (TPSA) is 185 Å². The standard InChI is InChI=1S/C22H17F2N3OS.C20H14F2N4OS.C19H12F2N4OS2/c1-13-16(10-20(29-13)19-11-25-12-27(19)2)14-6-8-15(9-7-14)26-22(28)21-17(23)4-3-5-18(21)24;1-11-13(7-17(28-11)16-9-23-10-25-16)12-5-6-18(24-8-12)26-20(27)19-14(21)3-2-4-15(19)22;1-10-11(7-15(28-10)19-22-5-6-27-19)14-8-24-16(9-23-14)25-18(26)17-12(20)3-2-4-13(17)21/h3-12H,1-2H3,(H,26,28);2-10H,1H3,(H,23,25)(H,24,26,27);2-9H,1H3,(H,24,25,26). The van der Waals surface area contributed by atoms with Crippen LogP contribution in [0.3, 0.4) is 0 Å². The fraction of sp³-hybridized carbons (Fsp3) is 0.0656. The summed E-state index contributed by atoms with van der Waals surface area (Å²) in [6, 6.07) is 26.5. The number of carbonyl (C=O) groups excluding carboxylic acids is 3. The fourth-order valence-corrected chi connectivity index (χ4v) is 12.4. The van der Waals surface area contributed by atoms with Crippen LogP contribution in [0.1, 0.15) is 45.7 Å². The number of hydrogen-bond donors (Lipinski definition) is 4. The van der Waals surface area contributed by atoms with Gasteiger partial charge in [0, 0.05) is 56.3 Å².